The molecule has 10 heteroatoms. The number of para-hydroxylation sites is 1. The van der Waals surface area contributed by atoms with Gasteiger partial charge in [0.2, 0.25) is 12.3 Å². The summed E-state index contributed by atoms with van der Waals surface area (Å²) in [5, 5.41) is 9.66. The van der Waals surface area contributed by atoms with Gasteiger partial charge in [0.05, 0.1) is 19.8 Å². The Morgan fingerprint density at radius 2 is 1.83 bits per heavy atom. The molecule has 1 aliphatic carbocycles. The molecule has 1 aliphatic heterocycles. The summed E-state index contributed by atoms with van der Waals surface area (Å²) < 4.78 is 16.0. The number of likely N-dealkylation sites (tertiary alicyclic amines) is 1. The first-order chi connectivity index (χ1) is 17.3. The van der Waals surface area contributed by atoms with Crippen LogP contribution in [-0.4, -0.2) is 72.8 Å². The van der Waals surface area contributed by atoms with Crippen molar-refractivity contribution in [1.82, 2.24) is 4.90 Å². The van der Waals surface area contributed by atoms with Gasteiger partial charge < -0.3 is 30.0 Å². The van der Waals surface area contributed by atoms with Crippen molar-refractivity contribution in [3.63, 3.8) is 0 Å². The maximum Gasteiger partial charge on any atom is 0.332 e. The number of unbranched alkanes of at least 4 members (excludes halogenated alkanes) is 1. The molecule has 0 aromatic heterocycles. The standard InChI is InChI=1S/C23H31NO7.C2H6.CH3NO/c1-3-30-20(26)14-29-15-23-13-18(22(27)28)24(21(23)16(23)2)19(25)11-7-8-12-31-17-9-5-4-6-10-17;1-2;2-1-3/h4-6,9-10,16,18,21H,3,7-8,11-15H2,1-2H3,(H,27,28);1-2H3;1H,(H2,2,3)/t16?,18?,21?,23-;;/m0../s1. The topological polar surface area (TPSA) is 145 Å². The van der Waals surface area contributed by atoms with E-state index in [1.807, 2.05) is 51.1 Å². The van der Waals surface area contributed by atoms with E-state index in [4.69, 9.17) is 19.0 Å². The second-order valence-electron chi connectivity index (χ2n) is 8.38. The molecule has 3 N–H and O–H groups in total. The number of aliphatic carboxylic acids is 1. The van der Waals surface area contributed by atoms with Gasteiger partial charge in [-0.1, -0.05) is 39.0 Å². The highest BCUT2D eigenvalue weighted by atomic mass is 16.6. The summed E-state index contributed by atoms with van der Waals surface area (Å²) in [6.45, 7) is 8.60. The average molecular weight is 509 g/mol. The van der Waals surface area contributed by atoms with Crippen LogP contribution >= 0.6 is 0 Å². The second-order valence-corrected chi connectivity index (χ2v) is 8.38. The zero-order chi connectivity index (χ0) is 27.1. The van der Waals surface area contributed by atoms with E-state index in [1.54, 1.807) is 11.8 Å². The molecule has 2 amide bonds. The van der Waals surface area contributed by atoms with Crippen molar-refractivity contribution in [3.05, 3.63) is 30.3 Å². The fourth-order valence-electron chi connectivity index (χ4n) is 4.70. The molecule has 36 heavy (non-hydrogen) atoms. The lowest BCUT2D eigenvalue weighted by Gasteiger charge is -2.26. The molecule has 4 atom stereocenters. The third kappa shape index (κ3) is 8.22. The number of benzene rings is 1. The van der Waals surface area contributed by atoms with Crippen LogP contribution in [0.2, 0.25) is 0 Å². The molecule has 1 saturated carbocycles. The Balaban J connectivity index is 0.00000120. The molecule has 2 fully saturated rings. The third-order valence-electron chi connectivity index (χ3n) is 6.34. The Kier molecular flexibility index (Phi) is 13.5. The lowest BCUT2D eigenvalue weighted by Crippen LogP contribution is -2.44. The molecule has 1 aromatic carbocycles. The predicted molar refractivity (Wildman–Crippen MR) is 133 cm³/mol. The largest absolute Gasteiger partial charge is 0.494 e. The summed E-state index contributed by atoms with van der Waals surface area (Å²) >= 11 is 0. The highest BCUT2D eigenvalue weighted by Gasteiger charge is 2.72. The van der Waals surface area contributed by atoms with E-state index in [1.165, 1.54) is 0 Å². The highest BCUT2D eigenvalue weighted by molar-refractivity contribution is 5.86. The SMILES string of the molecule is CC.CCOC(=O)COC[C@]12CC(C(=O)O)N(C(=O)CCCCOc3ccccc3)C1C2C.NC=O. The van der Waals surface area contributed by atoms with E-state index in [9.17, 15) is 19.5 Å². The van der Waals surface area contributed by atoms with Gasteiger partial charge in [-0.2, -0.15) is 0 Å². The molecule has 3 rings (SSSR count). The molecular weight excluding hydrogens is 468 g/mol. The van der Waals surface area contributed by atoms with Gasteiger partial charge in [0.15, 0.2) is 0 Å². The van der Waals surface area contributed by atoms with E-state index in [0.29, 0.717) is 25.9 Å². The molecule has 0 spiro atoms. The number of rotatable bonds is 12. The maximum absolute atomic E-state index is 12.9. The first-order valence-electron chi connectivity index (χ1n) is 12.4. The number of hydrogen-bond acceptors (Lipinski definition) is 7. The Labute approximate surface area is 213 Å². The monoisotopic (exact) mass is 508 g/mol. The molecule has 3 unspecified atom stereocenters. The number of primary amides is 1. The van der Waals surface area contributed by atoms with E-state index in [2.05, 4.69) is 5.73 Å². The number of carboxylic acid groups (broad SMARTS) is 1. The number of fused-ring (bicyclic) bond motifs is 1. The molecule has 1 aromatic rings. The summed E-state index contributed by atoms with van der Waals surface area (Å²) in [5.74, 6) is -0.657. The Hall–Kier alpha value is -3.14. The third-order valence-corrected chi connectivity index (χ3v) is 6.34. The van der Waals surface area contributed by atoms with Crippen LogP contribution in [0, 0.1) is 11.3 Å². The minimum atomic E-state index is -0.995. The zero-order valence-electron chi connectivity index (χ0n) is 21.7. The maximum atomic E-state index is 12.9. The Bertz CT molecular complexity index is 834. The normalized spacial score (nSPS) is 23.1. The van der Waals surface area contributed by atoms with E-state index >= 15 is 0 Å². The molecule has 202 valence electrons. The number of ether oxygens (including phenoxy) is 3. The van der Waals surface area contributed by atoms with Crippen LogP contribution < -0.4 is 10.5 Å². The van der Waals surface area contributed by atoms with Gasteiger partial charge in [-0.15, -0.1) is 0 Å². The van der Waals surface area contributed by atoms with Crippen LogP contribution in [0.25, 0.3) is 0 Å². The Morgan fingerprint density at radius 3 is 2.42 bits per heavy atom. The van der Waals surface area contributed by atoms with Crippen molar-refractivity contribution >= 4 is 24.3 Å². The number of carboxylic acids is 1. The summed E-state index contributed by atoms with van der Waals surface area (Å²) in [7, 11) is 0. The van der Waals surface area contributed by atoms with Crippen LogP contribution in [0.15, 0.2) is 30.3 Å². The van der Waals surface area contributed by atoms with Gasteiger partial charge >= 0.3 is 11.9 Å². The number of piperidine rings is 1. The van der Waals surface area contributed by atoms with Crippen molar-refractivity contribution in [1.29, 1.82) is 0 Å². The predicted octanol–water partition coefficient (Wildman–Crippen LogP) is 2.63. The zero-order valence-corrected chi connectivity index (χ0v) is 21.7. The summed E-state index contributed by atoms with van der Waals surface area (Å²) in [6, 6.07) is 8.47. The fourth-order valence-corrected chi connectivity index (χ4v) is 4.70. The molecule has 10 nitrogen and oxygen atoms in total. The average Bonchev–Trinajstić information content (AvgIpc) is 3.24. The number of amides is 2. The number of esters is 1. The van der Waals surface area contributed by atoms with E-state index in [-0.39, 0.29) is 50.5 Å². The number of hydrogen-bond donors (Lipinski definition) is 2. The van der Waals surface area contributed by atoms with Crippen LogP contribution in [0.5, 0.6) is 5.75 Å². The highest BCUT2D eigenvalue weighted by Crippen LogP contribution is 2.64. The first-order valence-corrected chi connectivity index (χ1v) is 12.4. The van der Waals surface area contributed by atoms with Gasteiger partial charge in [0.1, 0.15) is 18.4 Å². The summed E-state index contributed by atoms with van der Waals surface area (Å²) in [5.41, 5.74) is 3.77. The summed E-state index contributed by atoms with van der Waals surface area (Å²) in [6.07, 6.45) is 2.22. The van der Waals surface area contributed by atoms with Crippen LogP contribution in [0.4, 0.5) is 0 Å². The van der Waals surface area contributed by atoms with Crippen molar-refractivity contribution < 1.29 is 38.5 Å². The van der Waals surface area contributed by atoms with Crippen LogP contribution in [0.3, 0.4) is 0 Å². The minimum absolute atomic E-state index is 0.135. The number of carbonyl (C=O) groups is 4. The number of carbonyl (C=O) groups excluding carboxylic acids is 3. The van der Waals surface area contributed by atoms with E-state index in [0.717, 1.165) is 5.75 Å². The molecule has 0 bridgehead atoms. The minimum Gasteiger partial charge on any atom is -0.494 e. The van der Waals surface area contributed by atoms with E-state index < -0.39 is 23.4 Å². The van der Waals surface area contributed by atoms with Gasteiger partial charge in [-0.25, -0.2) is 9.59 Å². The Morgan fingerprint density at radius 1 is 1.19 bits per heavy atom. The van der Waals surface area contributed by atoms with Gasteiger partial charge in [-0.3, -0.25) is 9.59 Å². The molecule has 2 aliphatic rings. The molecule has 1 heterocycles. The van der Waals surface area contributed by atoms with Gasteiger partial charge in [0.25, 0.3) is 0 Å². The van der Waals surface area contributed by atoms with Crippen molar-refractivity contribution in [2.45, 2.75) is 65.5 Å². The lowest BCUT2D eigenvalue weighted by atomic mass is 9.97. The van der Waals surface area contributed by atoms with Crippen LogP contribution in [0.1, 0.15) is 53.4 Å². The molecular formula is C26H40N2O8. The lowest BCUT2D eigenvalue weighted by molar-refractivity contribution is -0.150. The molecule has 0 radical (unpaired) electrons. The van der Waals surface area contributed by atoms with Crippen molar-refractivity contribution in [2.24, 2.45) is 17.1 Å². The smallest absolute Gasteiger partial charge is 0.332 e. The quantitative estimate of drug-likeness (QED) is 0.249. The number of nitrogens with zero attached hydrogens (tertiary/aromatic N) is 1. The van der Waals surface area contributed by atoms with Crippen molar-refractivity contribution in [2.75, 3.05) is 26.4 Å². The van der Waals surface area contributed by atoms with Gasteiger partial charge in [-0.05, 0) is 44.2 Å². The van der Waals surface area contributed by atoms with Gasteiger partial charge in [0, 0.05) is 17.9 Å². The van der Waals surface area contributed by atoms with Crippen molar-refractivity contribution in [3.8, 4) is 5.75 Å². The first kappa shape index (κ1) is 30.9. The van der Waals surface area contributed by atoms with Crippen LogP contribution in [-0.2, 0) is 28.7 Å². The fraction of sp³-hybridized carbons (Fsp3) is 0.615. The molecule has 1 saturated heterocycles. The second kappa shape index (κ2) is 15.8. The summed E-state index contributed by atoms with van der Waals surface area (Å²) in [4.78, 5) is 46.3. The number of nitrogens with two attached hydrogens (primary N) is 1.